The third kappa shape index (κ3) is 5.72. The number of aromatic nitrogens is 2. The summed E-state index contributed by atoms with van der Waals surface area (Å²) in [5.41, 5.74) is 15.1. The Morgan fingerprint density at radius 2 is 0.965 bits per heavy atom. The second-order valence-corrected chi connectivity index (χ2v) is 14.2. The lowest BCUT2D eigenvalue weighted by atomic mass is 9.99. The number of furan rings is 2. The van der Waals surface area contributed by atoms with E-state index in [0.717, 1.165) is 94.5 Å². The van der Waals surface area contributed by atoms with Gasteiger partial charge in [-0.25, -0.2) is 0 Å². The Balaban J connectivity index is 0.999. The van der Waals surface area contributed by atoms with Crippen molar-refractivity contribution in [3.8, 4) is 44.6 Å². The van der Waals surface area contributed by atoms with Gasteiger partial charge in [0.15, 0.2) is 5.58 Å². The summed E-state index contributed by atoms with van der Waals surface area (Å²) < 4.78 is 12.7. The van der Waals surface area contributed by atoms with Crippen LogP contribution in [0.3, 0.4) is 0 Å². The zero-order valence-corrected chi connectivity index (χ0v) is 30.7. The summed E-state index contributed by atoms with van der Waals surface area (Å²) in [6.07, 6.45) is 5.50. The Morgan fingerprint density at radius 3 is 1.77 bits per heavy atom. The minimum absolute atomic E-state index is 0.792. The molecule has 0 aliphatic heterocycles. The molecular formula is C52H33N3O2. The predicted octanol–water partition coefficient (Wildman–Crippen LogP) is 14.4. The van der Waals surface area contributed by atoms with Crippen LogP contribution in [0.2, 0.25) is 0 Å². The lowest BCUT2D eigenvalue weighted by molar-refractivity contribution is 0.668. The lowest BCUT2D eigenvalue weighted by Gasteiger charge is -2.26. The van der Waals surface area contributed by atoms with Crippen LogP contribution in [-0.4, -0.2) is 9.97 Å². The quantitative estimate of drug-likeness (QED) is 0.163. The number of benzene rings is 7. The van der Waals surface area contributed by atoms with Crippen molar-refractivity contribution in [2.24, 2.45) is 0 Å². The van der Waals surface area contributed by atoms with Crippen LogP contribution < -0.4 is 4.90 Å². The summed E-state index contributed by atoms with van der Waals surface area (Å²) in [6.45, 7) is 0. The fraction of sp³-hybridized carbons (Fsp3) is 0. The fourth-order valence-corrected chi connectivity index (χ4v) is 8.04. The molecule has 57 heavy (non-hydrogen) atoms. The molecule has 11 rings (SSSR count). The second-order valence-electron chi connectivity index (χ2n) is 14.2. The van der Waals surface area contributed by atoms with E-state index >= 15 is 0 Å². The summed E-state index contributed by atoms with van der Waals surface area (Å²) in [7, 11) is 0. The smallest absolute Gasteiger partial charge is 0.161 e. The molecule has 268 valence electrons. The first-order valence-electron chi connectivity index (χ1n) is 19.0. The highest BCUT2D eigenvalue weighted by molar-refractivity contribution is 6.10. The van der Waals surface area contributed by atoms with Crippen molar-refractivity contribution in [1.82, 2.24) is 9.97 Å². The summed E-state index contributed by atoms with van der Waals surface area (Å²) in [5.74, 6) is 0. The summed E-state index contributed by atoms with van der Waals surface area (Å²) >= 11 is 0. The molecular weight excluding hydrogens is 699 g/mol. The van der Waals surface area contributed by atoms with Gasteiger partial charge >= 0.3 is 0 Å². The second kappa shape index (κ2) is 13.5. The average molecular weight is 732 g/mol. The number of fused-ring (bicyclic) bond motifs is 6. The predicted molar refractivity (Wildman–Crippen MR) is 233 cm³/mol. The number of hydrogen-bond donors (Lipinski definition) is 0. The normalized spacial score (nSPS) is 11.5. The van der Waals surface area contributed by atoms with Gasteiger partial charge in [0.25, 0.3) is 0 Å². The molecule has 5 heteroatoms. The Labute approximate surface area is 328 Å². The van der Waals surface area contributed by atoms with Crippen molar-refractivity contribution in [1.29, 1.82) is 0 Å². The Hall–Kier alpha value is -7.76. The van der Waals surface area contributed by atoms with Crippen LogP contribution in [-0.2, 0) is 0 Å². The molecule has 0 atom stereocenters. The molecule has 0 unspecified atom stereocenters. The molecule has 4 heterocycles. The van der Waals surface area contributed by atoms with Crippen molar-refractivity contribution in [2.75, 3.05) is 4.90 Å². The topological polar surface area (TPSA) is 55.3 Å². The van der Waals surface area contributed by atoms with E-state index in [4.69, 9.17) is 13.8 Å². The minimum Gasteiger partial charge on any atom is -0.455 e. The van der Waals surface area contributed by atoms with E-state index in [2.05, 4.69) is 155 Å². The van der Waals surface area contributed by atoms with Gasteiger partial charge in [0.2, 0.25) is 0 Å². The molecule has 0 spiro atoms. The highest BCUT2D eigenvalue weighted by Gasteiger charge is 2.18. The van der Waals surface area contributed by atoms with Crippen molar-refractivity contribution in [3.63, 3.8) is 0 Å². The van der Waals surface area contributed by atoms with E-state index in [1.54, 1.807) is 6.20 Å². The average Bonchev–Trinajstić information content (AvgIpc) is 3.87. The zero-order valence-electron chi connectivity index (χ0n) is 30.7. The fourth-order valence-electron chi connectivity index (χ4n) is 8.04. The van der Waals surface area contributed by atoms with Gasteiger partial charge in [0.05, 0.1) is 0 Å². The number of pyridine rings is 2. The molecule has 0 N–H and O–H groups in total. The molecule has 0 radical (unpaired) electrons. The van der Waals surface area contributed by atoms with E-state index in [-0.39, 0.29) is 0 Å². The monoisotopic (exact) mass is 731 g/mol. The molecule has 0 saturated carbocycles. The van der Waals surface area contributed by atoms with Gasteiger partial charge < -0.3 is 13.7 Å². The Morgan fingerprint density at radius 1 is 0.368 bits per heavy atom. The van der Waals surface area contributed by atoms with Crippen LogP contribution >= 0.6 is 0 Å². The summed E-state index contributed by atoms with van der Waals surface area (Å²) in [5, 5.41) is 4.22. The minimum atomic E-state index is 0.792. The maximum atomic E-state index is 6.37. The first-order chi connectivity index (χ1) is 28.2. The molecule has 5 nitrogen and oxygen atoms in total. The van der Waals surface area contributed by atoms with Crippen LogP contribution in [0.25, 0.3) is 88.5 Å². The van der Waals surface area contributed by atoms with Gasteiger partial charge in [-0.15, -0.1) is 0 Å². The molecule has 7 aromatic carbocycles. The van der Waals surface area contributed by atoms with Crippen molar-refractivity contribution in [2.45, 2.75) is 0 Å². The van der Waals surface area contributed by atoms with Crippen LogP contribution in [0, 0.1) is 0 Å². The molecule has 4 aromatic heterocycles. The van der Waals surface area contributed by atoms with Crippen LogP contribution in [0.1, 0.15) is 0 Å². The molecule has 0 fully saturated rings. The van der Waals surface area contributed by atoms with Gasteiger partial charge in [0.1, 0.15) is 22.4 Å². The summed E-state index contributed by atoms with van der Waals surface area (Å²) in [6, 6.07) is 63.7. The first kappa shape index (κ1) is 32.7. The van der Waals surface area contributed by atoms with Gasteiger partial charge in [-0.3, -0.25) is 9.97 Å². The maximum absolute atomic E-state index is 6.37. The lowest BCUT2D eigenvalue weighted by Crippen LogP contribution is -2.10. The molecule has 11 aromatic rings. The van der Waals surface area contributed by atoms with E-state index in [1.165, 1.54) is 11.1 Å². The highest BCUT2D eigenvalue weighted by Crippen LogP contribution is 2.41. The first-order valence-corrected chi connectivity index (χ1v) is 19.0. The van der Waals surface area contributed by atoms with Crippen LogP contribution in [0.4, 0.5) is 17.1 Å². The highest BCUT2D eigenvalue weighted by atomic mass is 16.3. The Bertz CT molecular complexity index is 3060. The standard InChI is InChI=1S/C52H33N3O2/c1-2-8-34(9-3-1)35-16-18-36(19-17-35)39-10-6-11-42(32-39)55(40-24-20-37(21-25-40)43-13-7-14-45-47-33-53-30-29-49(47)56-51(43)45)41-26-22-38(23-27-41)50-52-46(28-31-54-50)44-12-4-5-15-48(44)57-52/h1-33H. The molecule has 0 aliphatic carbocycles. The zero-order chi connectivity index (χ0) is 37.7. The molecule has 0 aliphatic rings. The molecule has 0 saturated heterocycles. The van der Waals surface area contributed by atoms with Crippen molar-refractivity contribution >= 4 is 60.9 Å². The third-order valence-electron chi connectivity index (χ3n) is 10.9. The number of hydrogen-bond acceptors (Lipinski definition) is 5. The van der Waals surface area contributed by atoms with Crippen LogP contribution in [0.15, 0.2) is 209 Å². The van der Waals surface area contributed by atoms with E-state index in [1.807, 2.05) is 48.8 Å². The molecule has 0 bridgehead atoms. The van der Waals surface area contributed by atoms with Gasteiger partial charge in [0, 0.05) is 68.3 Å². The van der Waals surface area contributed by atoms with E-state index in [0.29, 0.717) is 0 Å². The van der Waals surface area contributed by atoms with E-state index < -0.39 is 0 Å². The van der Waals surface area contributed by atoms with Crippen LogP contribution in [0.5, 0.6) is 0 Å². The third-order valence-corrected chi connectivity index (χ3v) is 10.9. The van der Waals surface area contributed by atoms with Gasteiger partial charge in [-0.05, 0) is 82.4 Å². The van der Waals surface area contributed by atoms with Crippen molar-refractivity contribution in [3.05, 3.63) is 201 Å². The largest absolute Gasteiger partial charge is 0.455 e. The van der Waals surface area contributed by atoms with Crippen molar-refractivity contribution < 1.29 is 8.83 Å². The summed E-state index contributed by atoms with van der Waals surface area (Å²) in [4.78, 5) is 11.4. The van der Waals surface area contributed by atoms with Gasteiger partial charge in [-0.2, -0.15) is 0 Å². The number of rotatable bonds is 7. The Kier molecular flexibility index (Phi) is 7.74. The SMILES string of the molecule is c1ccc(-c2ccc(-c3cccc(N(c4ccc(-c5cccc6c5oc5ccncc56)cc4)c4ccc(-c5nccc6c5oc5ccccc56)cc4)c3)cc2)cc1. The van der Waals surface area contributed by atoms with Gasteiger partial charge in [-0.1, -0.05) is 127 Å². The number of anilines is 3. The van der Waals surface area contributed by atoms with E-state index in [9.17, 15) is 0 Å². The molecule has 0 amide bonds. The number of nitrogens with zero attached hydrogens (tertiary/aromatic N) is 3. The maximum Gasteiger partial charge on any atom is 0.161 e. The number of para-hydroxylation sites is 2.